The summed E-state index contributed by atoms with van der Waals surface area (Å²) in [6, 6.07) is 3.05. The number of benzene rings is 1. The highest BCUT2D eigenvalue weighted by Crippen LogP contribution is 2.48. The Labute approximate surface area is 160 Å². The summed E-state index contributed by atoms with van der Waals surface area (Å²) in [4.78, 5) is 19.3. The molecule has 1 aromatic heterocycles. The normalized spacial score (nSPS) is 11.0. The van der Waals surface area contributed by atoms with Gasteiger partial charge in [-0.3, -0.25) is 0 Å². The van der Waals surface area contributed by atoms with Crippen molar-refractivity contribution in [2.24, 2.45) is 5.16 Å². The van der Waals surface area contributed by atoms with Gasteiger partial charge in [0.25, 0.3) is 6.43 Å². The number of oxime groups is 1. The van der Waals surface area contributed by atoms with Crippen LogP contribution in [0.1, 0.15) is 28.2 Å². The molecule has 0 aliphatic carbocycles. The number of nitrogens with zero attached hydrogens (tertiary/aromatic N) is 1. The molecule has 0 bridgehead atoms. The minimum atomic E-state index is -3.00. The summed E-state index contributed by atoms with van der Waals surface area (Å²) >= 11 is 0. The lowest BCUT2D eigenvalue weighted by Crippen LogP contribution is -2.06. The molecule has 28 heavy (non-hydrogen) atoms. The molecule has 8 nitrogen and oxygen atoms in total. The molecule has 2 aromatic rings. The molecule has 0 fully saturated rings. The fourth-order valence-corrected chi connectivity index (χ4v) is 2.81. The molecule has 0 atom stereocenters. The van der Waals surface area contributed by atoms with E-state index in [1.54, 1.807) is 0 Å². The number of rotatable bonds is 8. The molecule has 0 amide bonds. The first-order valence-corrected chi connectivity index (χ1v) is 7.93. The maximum absolute atomic E-state index is 14.0. The number of hydrogen-bond donors (Lipinski definition) is 1. The minimum absolute atomic E-state index is 0.00555. The molecule has 0 aliphatic heterocycles. The number of methoxy groups -OCH3 is 4. The van der Waals surface area contributed by atoms with Crippen molar-refractivity contribution >= 4 is 12.2 Å². The van der Waals surface area contributed by atoms with Crippen LogP contribution in [0.15, 0.2) is 17.3 Å². The van der Waals surface area contributed by atoms with Crippen molar-refractivity contribution in [3.63, 3.8) is 0 Å². The number of ether oxygens (including phenoxy) is 4. The van der Waals surface area contributed by atoms with Crippen molar-refractivity contribution in [2.75, 3.05) is 35.5 Å². The second kappa shape index (κ2) is 9.07. The summed E-state index contributed by atoms with van der Waals surface area (Å²) in [6.45, 7) is 0. The van der Waals surface area contributed by atoms with Crippen molar-refractivity contribution in [3.8, 4) is 28.4 Å². The van der Waals surface area contributed by atoms with Gasteiger partial charge in [-0.05, 0) is 12.1 Å². The van der Waals surface area contributed by atoms with Crippen molar-refractivity contribution in [3.05, 3.63) is 29.1 Å². The van der Waals surface area contributed by atoms with Crippen molar-refractivity contribution in [1.29, 1.82) is 0 Å². The van der Waals surface area contributed by atoms with E-state index in [0.29, 0.717) is 5.75 Å². The Morgan fingerprint density at radius 3 is 2.25 bits per heavy atom. The Hall–Kier alpha value is -3.30. The molecule has 1 aromatic carbocycles. The van der Waals surface area contributed by atoms with Gasteiger partial charge in [-0.2, -0.15) is 0 Å². The molecule has 2 rings (SSSR count). The number of halogens is 2. The maximum Gasteiger partial charge on any atom is 0.355 e. The van der Waals surface area contributed by atoms with E-state index in [4.69, 9.17) is 14.2 Å². The third kappa shape index (κ3) is 3.71. The lowest BCUT2D eigenvalue weighted by molar-refractivity contribution is 0.0583. The van der Waals surface area contributed by atoms with Gasteiger partial charge in [-0.15, -0.1) is 0 Å². The average molecular weight is 398 g/mol. The van der Waals surface area contributed by atoms with Crippen LogP contribution in [0, 0.1) is 0 Å². The fourth-order valence-electron chi connectivity index (χ4n) is 2.81. The van der Waals surface area contributed by atoms with Gasteiger partial charge in [0.2, 0.25) is 5.75 Å². The van der Waals surface area contributed by atoms with E-state index >= 15 is 0 Å². The largest absolute Gasteiger partial charge is 0.493 e. The third-order valence-corrected chi connectivity index (χ3v) is 3.94. The average Bonchev–Trinajstić information content (AvgIpc) is 3.09. The smallest absolute Gasteiger partial charge is 0.355 e. The number of nitrogens with one attached hydrogen (secondary N) is 1. The zero-order valence-corrected chi connectivity index (χ0v) is 16.0. The number of aromatic amines is 1. The van der Waals surface area contributed by atoms with Crippen LogP contribution in [-0.4, -0.2) is 52.7 Å². The summed E-state index contributed by atoms with van der Waals surface area (Å²) in [6.07, 6.45) is -1.83. The first-order valence-electron chi connectivity index (χ1n) is 7.93. The Morgan fingerprint density at radius 2 is 1.75 bits per heavy atom. The van der Waals surface area contributed by atoms with Gasteiger partial charge in [0.15, 0.2) is 11.5 Å². The number of hydrogen-bond acceptors (Lipinski definition) is 7. The molecule has 0 radical (unpaired) electrons. The van der Waals surface area contributed by atoms with Gasteiger partial charge in [0.1, 0.15) is 12.8 Å². The summed E-state index contributed by atoms with van der Waals surface area (Å²) in [5, 5.41) is 3.61. The first kappa shape index (κ1) is 21.0. The van der Waals surface area contributed by atoms with Gasteiger partial charge in [0, 0.05) is 11.1 Å². The molecule has 152 valence electrons. The van der Waals surface area contributed by atoms with E-state index < -0.39 is 23.7 Å². The van der Waals surface area contributed by atoms with Crippen LogP contribution in [0.3, 0.4) is 0 Å². The van der Waals surface area contributed by atoms with E-state index in [0.717, 1.165) is 7.11 Å². The van der Waals surface area contributed by atoms with Crippen molar-refractivity contribution < 1.29 is 37.4 Å². The lowest BCUT2D eigenvalue weighted by atomic mass is 9.98. The molecule has 1 heterocycles. The summed E-state index contributed by atoms with van der Waals surface area (Å²) in [7, 11) is 6.58. The minimum Gasteiger partial charge on any atom is -0.493 e. The van der Waals surface area contributed by atoms with Crippen LogP contribution in [0.2, 0.25) is 0 Å². The Balaban J connectivity index is 2.92. The van der Waals surface area contributed by atoms with Crippen LogP contribution in [0.4, 0.5) is 8.78 Å². The Morgan fingerprint density at radius 1 is 1.07 bits per heavy atom. The molecule has 10 heteroatoms. The SMILES string of the molecule is CO/N=C/c1[nH]c(C(=O)OC)c(C(F)F)c1-c1ccc(OC)c(OC)c1OC. The molecular formula is C18H20F2N2O6. The quantitative estimate of drug-likeness (QED) is 0.416. The third-order valence-electron chi connectivity index (χ3n) is 3.94. The van der Waals surface area contributed by atoms with Crippen LogP contribution < -0.4 is 14.2 Å². The highest BCUT2D eigenvalue weighted by atomic mass is 19.3. The Bertz CT molecular complexity index is 879. The number of esters is 1. The zero-order valence-electron chi connectivity index (χ0n) is 16.0. The van der Waals surface area contributed by atoms with Gasteiger partial charge in [-0.25, -0.2) is 13.6 Å². The molecule has 0 saturated carbocycles. The number of carbonyl (C=O) groups excluding carboxylic acids is 1. The summed E-state index contributed by atoms with van der Waals surface area (Å²) in [5.41, 5.74) is -0.631. The topological polar surface area (TPSA) is 91.4 Å². The van der Waals surface area contributed by atoms with Gasteiger partial charge >= 0.3 is 5.97 Å². The van der Waals surface area contributed by atoms with E-state index in [1.165, 1.54) is 46.8 Å². The van der Waals surface area contributed by atoms with E-state index in [1.807, 2.05) is 0 Å². The van der Waals surface area contributed by atoms with E-state index in [9.17, 15) is 13.6 Å². The van der Waals surface area contributed by atoms with Crippen LogP contribution >= 0.6 is 0 Å². The highest BCUT2D eigenvalue weighted by molar-refractivity contribution is 6.00. The number of H-pyrrole nitrogens is 1. The standard InChI is InChI=1S/C18H20F2N2O6/c1-24-11-7-6-9(15(25-2)16(11)26-3)12-10(8-21-28-5)22-14(18(23)27-4)13(12)17(19)20/h6-8,17,22H,1-5H3/b21-8+. The van der Waals surface area contributed by atoms with Crippen molar-refractivity contribution in [1.82, 2.24) is 4.98 Å². The summed E-state index contributed by atoms with van der Waals surface area (Å²) < 4.78 is 48.5. The molecule has 0 unspecified atom stereocenters. The predicted octanol–water partition coefficient (Wildman–Crippen LogP) is 3.41. The zero-order chi connectivity index (χ0) is 20.8. The molecule has 0 spiro atoms. The first-order chi connectivity index (χ1) is 13.4. The second-order valence-electron chi connectivity index (χ2n) is 5.29. The van der Waals surface area contributed by atoms with Gasteiger partial charge in [-0.1, -0.05) is 5.16 Å². The number of carbonyl (C=O) groups is 1. The van der Waals surface area contributed by atoms with Crippen molar-refractivity contribution in [2.45, 2.75) is 6.43 Å². The number of aromatic nitrogens is 1. The highest BCUT2D eigenvalue weighted by Gasteiger charge is 2.31. The van der Waals surface area contributed by atoms with Crippen LogP contribution in [-0.2, 0) is 9.57 Å². The van der Waals surface area contributed by atoms with Gasteiger partial charge in [0.05, 0.1) is 45.9 Å². The van der Waals surface area contributed by atoms with Gasteiger partial charge < -0.3 is 28.8 Å². The molecule has 0 aliphatic rings. The number of alkyl halides is 2. The second-order valence-corrected chi connectivity index (χ2v) is 5.29. The fraction of sp³-hybridized carbons (Fsp3) is 0.333. The monoisotopic (exact) mass is 398 g/mol. The summed E-state index contributed by atoms with van der Waals surface area (Å²) in [5.74, 6) is -0.255. The predicted molar refractivity (Wildman–Crippen MR) is 96.8 cm³/mol. The van der Waals surface area contributed by atoms with E-state index in [-0.39, 0.29) is 28.3 Å². The molecule has 1 N–H and O–H groups in total. The maximum atomic E-state index is 14.0. The van der Waals surface area contributed by atoms with Crippen LogP contribution in [0.5, 0.6) is 17.2 Å². The lowest BCUT2D eigenvalue weighted by Gasteiger charge is -2.16. The van der Waals surface area contributed by atoms with E-state index in [2.05, 4.69) is 19.7 Å². The molecular weight excluding hydrogens is 378 g/mol. The van der Waals surface area contributed by atoms with Crippen LogP contribution in [0.25, 0.3) is 11.1 Å². The Kier molecular flexibility index (Phi) is 6.80. The molecule has 0 saturated heterocycles.